The molecule has 1 saturated carbocycles. The van der Waals surface area contributed by atoms with Crippen molar-refractivity contribution in [3.63, 3.8) is 0 Å². The molecule has 2 fully saturated rings. The van der Waals surface area contributed by atoms with Gasteiger partial charge < -0.3 is 20.2 Å². The standard InChI is InChI=1S/C21H26N4O4/c1-2-16(13-20(27)28)23-19(26)14-25(18-3-4-18)21(29)15-7-11-24(12-8-15)17-5-9-22-10-6-17/h1,5-6,9-10,15-16,18H,3-4,7-8,11-14H2,(H,23,26)(H,27,28)/t16-/m1/s1. The number of hydrogen-bond acceptors (Lipinski definition) is 5. The summed E-state index contributed by atoms with van der Waals surface area (Å²) < 4.78 is 0. The molecule has 1 aliphatic heterocycles. The van der Waals surface area contributed by atoms with Crippen molar-refractivity contribution in [1.29, 1.82) is 0 Å². The first-order valence-corrected chi connectivity index (χ1v) is 9.90. The minimum atomic E-state index is -1.08. The fourth-order valence-electron chi connectivity index (χ4n) is 3.67. The van der Waals surface area contributed by atoms with Crippen LogP contribution < -0.4 is 10.2 Å². The van der Waals surface area contributed by atoms with Gasteiger partial charge in [0.05, 0.1) is 13.0 Å². The third-order valence-corrected chi connectivity index (χ3v) is 5.37. The van der Waals surface area contributed by atoms with Crippen LogP contribution in [0.5, 0.6) is 0 Å². The number of piperidine rings is 1. The lowest BCUT2D eigenvalue weighted by Crippen LogP contribution is -2.48. The first-order valence-electron chi connectivity index (χ1n) is 9.90. The molecule has 0 bridgehead atoms. The average Bonchev–Trinajstić information content (AvgIpc) is 3.56. The fourth-order valence-corrected chi connectivity index (χ4v) is 3.67. The van der Waals surface area contributed by atoms with Gasteiger partial charge in [0.25, 0.3) is 0 Å². The van der Waals surface area contributed by atoms with E-state index < -0.39 is 17.9 Å². The number of rotatable bonds is 8. The van der Waals surface area contributed by atoms with Gasteiger partial charge in [0.2, 0.25) is 11.8 Å². The number of pyridine rings is 1. The lowest BCUT2D eigenvalue weighted by Gasteiger charge is -2.35. The van der Waals surface area contributed by atoms with E-state index in [2.05, 4.69) is 21.1 Å². The van der Waals surface area contributed by atoms with Crippen molar-refractivity contribution in [2.24, 2.45) is 5.92 Å². The molecule has 1 aromatic rings. The van der Waals surface area contributed by atoms with Crippen LogP contribution in [0.3, 0.4) is 0 Å². The minimum absolute atomic E-state index is 0.00696. The Morgan fingerprint density at radius 3 is 2.45 bits per heavy atom. The number of anilines is 1. The molecule has 2 N–H and O–H groups in total. The van der Waals surface area contributed by atoms with Gasteiger partial charge in [-0.15, -0.1) is 6.42 Å². The van der Waals surface area contributed by atoms with Crippen LogP contribution >= 0.6 is 0 Å². The van der Waals surface area contributed by atoms with Crippen LogP contribution in [-0.2, 0) is 14.4 Å². The van der Waals surface area contributed by atoms with E-state index in [0.29, 0.717) is 0 Å². The number of carboxylic acids is 1. The van der Waals surface area contributed by atoms with E-state index in [0.717, 1.165) is 44.5 Å². The Morgan fingerprint density at radius 1 is 1.24 bits per heavy atom. The summed E-state index contributed by atoms with van der Waals surface area (Å²) in [5, 5.41) is 11.4. The van der Waals surface area contributed by atoms with Crippen LogP contribution in [0.2, 0.25) is 0 Å². The number of terminal acetylenes is 1. The van der Waals surface area contributed by atoms with E-state index in [4.69, 9.17) is 11.5 Å². The van der Waals surface area contributed by atoms with Gasteiger partial charge in [0, 0.05) is 43.1 Å². The Morgan fingerprint density at radius 2 is 1.90 bits per heavy atom. The zero-order chi connectivity index (χ0) is 20.8. The smallest absolute Gasteiger partial charge is 0.306 e. The molecule has 0 unspecified atom stereocenters. The molecule has 8 heteroatoms. The highest BCUT2D eigenvalue weighted by Crippen LogP contribution is 2.31. The summed E-state index contributed by atoms with van der Waals surface area (Å²) in [5.74, 6) is 0.676. The summed E-state index contributed by atoms with van der Waals surface area (Å²) in [7, 11) is 0. The maximum atomic E-state index is 13.1. The van der Waals surface area contributed by atoms with Crippen LogP contribution in [0.1, 0.15) is 32.1 Å². The van der Waals surface area contributed by atoms with E-state index in [1.54, 1.807) is 17.3 Å². The Kier molecular flexibility index (Phi) is 6.70. The molecule has 154 valence electrons. The summed E-state index contributed by atoms with van der Waals surface area (Å²) in [5.41, 5.74) is 1.10. The van der Waals surface area contributed by atoms with Crippen molar-refractivity contribution in [3.8, 4) is 12.3 Å². The maximum Gasteiger partial charge on any atom is 0.306 e. The molecular formula is C21H26N4O4. The zero-order valence-electron chi connectivity index (χ0n) is 16.3. The number of amides is 2. The lowest BCUT2D eigenvalue weighted by atomic mass is 9.94. The van der Waals surface area contributed by atoms with Crippen LogP contribution in [0.4, 0.5) is 5.69 Å². The molecule has 1 saturated heterocycles. The number of nitrogens with one attached hydrogen (secondary N) is 1. The second kappa shape index (κ2) is 9.41. The van der Waals surface area contributed by atoms with Gasteiger partial charge in [-0.25, -0.2) is 0 Å². The fraction of sp³-hybridized carbons (Fsp3) is 0.524. The predicted octanol–water partition coefficient (Wildman–Crippen LogP) is 0.882. The summed E-state index contributed by atoms with van der Waals surface area (Å²) in [6, 6.07) is 3.14. The van der Waals surface area contributed by atoms with Crippen molar-refractivity contribution in [1.82, 2.24) is 15.2 Å². The van der Waals surface area contributed by atoms with Gasteiger partial charge >= 0.3 is 5.97 Å². The molecule has 8 nitrogen and oxygen atoms in total. The first-order chi connectivity index (χ1) is 14.0. The average molecular weight is 398 g/mol. The molecule has 2 amide bonds. The molecule has 0 spiro atoms. The van der Waals surface area contributed by atoms with Crippen molar-refractivity contribution < 1.29 is 19.5 Å². The Bertz CT molecular complexity index is 780. The molecule has 29 heavy (non-hydrogen) atoms. The maximum absolute atomic E-state index is 13.1. The third-order valence-electron chi connectivity index (χ3n) is 5.37. The number of nitrogens with zero attached hydrogens (tertiary/aromatic N) is 3. The SMILES string of the molecule is C#C[C@H](CC(=O)O)NC(=O)CN(C(=O)C1CCN(c2ccncc2)CC1)C1CC1. The highest BCUT2D eigenvalue weighted by Gasteiger charge is 2.38. The van der Waals surface area contributed by atoms with E-state index in [9.17, 15) is 14.4 Å². The van der Waals surface area contributed by atoms with Gasteiger partial charge in [-0.1, -0.05) is 5.92 Å². The predicted molar refractivity (Wildman–Crippen MR) is 107 cm³/mol. The molecule has 2 heterocycles. The molecule has 0 radical (unpaired) electrons. The molecule has 1 atom stereocenters. The van der Waals surface area contributed by atoms with Crippen molar-refractivity contribution >= 4 is 23.5 Å². The Hall–Kier alpha value is -3.08. The second-order valence-corrected chi connectivity index (χ2v) is 7.55. The van der Waals surface area contributed by atoms with Crippen LogP contribution in [0.25, 0.3) is 0 Å². The van der Waals surface area contributed by atoms with E-state index >= 15 is 0 Å². The van der Waals surface area contributed by atoms with Crippen LogP contribution in [0.15, 0.2) is 24.5 Å². The highest BCUT2D eigenvalue weighted by molar-refractivity contribution is 5.87. The summed E-state index contributed by atoms with van der Waals surface area (Å²) in [4.78, 5) is 44.2. The van der Waals surface area contributed by atoms with Gasteiger partial charge in [-0.05, 0) is 37.8 Å². The van der Waals surface area contributed by atoms with Crippen molar-refractivity contribution in [3.05, 3.63) is 24.5 Å². The third kappa shape index (κ3) is 5.70. The van der Waals surface area contributed by atoms with E-state index in [-0.39, 0.29) is 30.8 Å². The molecule has 1 aromatic heterocycles. The Labute approximate surface area is 170 Å². The monoisotopic (exact) mass is 398 g/mol. The first kappa shape index (κ1) is 20.6. The van der Waals surface area contributed by atoms with E-state index in [1.807, 2.05) is 12.1 Å². The van der Waals surface area contributed by atoms with Gasteiger partial charge in [0.15, 0.2) is 0 Å². The number of aliphatic carboxylic acids is 1. The van der Waals surface area contributed by atoms with E-state index in [1.165, 1.54) is 0 Å². The Balaban J connectivity index is 1.54. The van der Waals surface area contributed by atoms with Gasteiger partial charge in [-0.2, -0.15) is 0 Å². The summed E-state index contributed by atoms with van der Waals surface area (Å²) in [6.45, 7) is 1.48. The molecule has 2 aliphatic rings. The number of carbonyl (C=O) groups is 3. The molecule has 3 rings (SSSR count). The van der Waals surface area contributed by atoms with Gasteiger partial charge in [0.1, 0.15) is 6.04 Å². The number of carbonyl (C=O) groups excluding carboxylic acids is 2. The van der Waals surface area contributed by atoms with Crippen LogP contribution in [0, 0.1) is 18.3 Å². The zero-order valence-corrected chi connectivity index (χ0v) is 16.3. The summed E-state index contributed by atoms with van der Waals surface area (Å²) >= 11 is 0. The lowest BCUT2D eigenvalue weighted by molar-refractivity contribution is -0.141. The minimum Gasteiger partial charge on any atom is -0.481 e. The molecule has 1 aliphatic carbocycles. The number of carboxylic acid groups (broad SMARTS) is 1. The number of hydrogen-bond donors (Lipinski definition) is 2. The van der Waals surface area contributed by atoms with Gasteiger partial charge in [-0.3, -0.25) is 19.4 Å². The topological polar surface area (TPSA) is 103 Å². The number of aromatic nitrogens is 1. The molecule has 0 aromatic carbocycles. The van der Waals surface area contributed by atoms with Crippen molar-refractivity contribution in [2.45, 2.75) is 44.2 Å². The normalized spacial score (nSPS) is 17.8. The second-order valence-electron chi connectivity index (χ2n) is 7.55. The highest BCUT2D eigenvalue weighted by atomic mass is 16.4. The molecular weight excluding hydrogens is 372 g/mol. The summed E-state index contributed by atoms with van der Waals surface area (Å²) in [6.07, 6.45) is 11.7. The van der Waals surface area contributed by atoms with Crippen molar-refractivity contribution in [2.75, 3.05) is 24.5 Å². The quantitative estimate of drug-likeness (QED) is 0.631. The largest absolute Gasteiger partial charge is 0.481 e. The van der Waals surface area contributed by atoms with Crippen LogP contribution in [-0.4, -0.2) is 64.5 Å².